The molecule has 4 nitrogen and oxygen atoms in total. The number of likely N-dealkylation sites (N-methyl/N-ethyl adjacent to an activating group) is 1. The maximum absolute atomic E-state index is 12.8. The normalized spacial score (nSPS) is 16.1. The van der Waals surface area contributed by atoms with Gasteiger partial charge in [-0.25, -0.2) is 4.39 Å². The smallest absolute Gasteiger partial charge is 0.191 e. The van der Waals surface area contributed by atoms with Gasteiger partial charge in [-0.3, -0.25) is 9.89 Å². The Morgan fingerprint density at radius 3 is 2.50 bits per heavy atom. The highest BCUT2D eigenvalue weighted by Crippen LogP contribution is 2.26. The predicted octanol–water partition coefficient (Wildman–Crippen LogP) is 2.59. The average Bonchev–Trinajstić information content (AvgIpc) is 3.32. The summed E-state index contributed by atoms with van der Waals surface area (Å²) in [6.45, 7) is 3.71. The highest BCUT2D eigenvalue weighted by atomic mass is 127. The van der Waals surface area contributed by atoms with E-state index in [-0.39, 0.29) is 29.8 Å². The van der Waals surface area contributed by atoms with E-state index in [2.05, 4.69) is 34.5 Å². The Hall–Kier alpha value is -0.890. The van der Waals surface area contributed by atoms with Gasteiger partial charge in [0, 0.05) is 32.2 Å². The van der Waals surface area contributed by atoms with Crippen LogP contribution in [0.3, 0.4) is 0 Å². The molecule has 0 aliphatic heterocycles. The van der Waals surface area contributed by atoms with Gasteiger partial charge in [-0.05, 0) is 44.5 Å². The third-order valence-electron chi connectivity index (χ3n) is 3.98. The zero-order valence-electron chi connectivity index (χ0n) is 13.5. The summed E-state index contributed by atoms with van der Waals surface area (Å²) in [7, 11) is 3.94. The number of nitrogens with zero attached hydrogens (tertiary/aromatic N) is 2. The van der Waals surface area contributed by atoms with E-state index in [4.69, 9.17) is 0 Å². The summed E-state index contributed by atoms with van der Waals surface area (Å²) < 4.78 is 12.8. The van der Waals surface area contributed by atoms with Gasteiger partial charge in [0.2, 0.25) is 0 Å². The Morgan fingerprint density at radius 1 is 1.32 bits per heavy atom. The summed E-state index contributed by atoms with van der Waals surface area (Å²) in [5.41, 5.74) is 1.03. The van der Waals surface area contributed by atoms with Crippen LogP contribution in [0.25, 0.3) is 0 Å². The van der Waals surface area contributed by atoms with Crippen molar-refractivity contribution in [1.82, 2.24) is 15.5 Å². The van der Waals surface area contributed by atoms with Crippen LogP contribution < -0.4 is 10.6 Å². The highest BCUT2D eigenvalue weighted by molar-refractivity contribution is 14.0. The van der Waals surface area contributed by atoms with E-state index in [9.17, 15) is 4.39 Å². The van der Waals surface area contributed by atoms with Crippen LogP contribution in [0, 0.1) is 5.82 Å². The van der Waals surface area contributed by atoms with Crippen LogP contribution in [0.5, 0.6) is 0 Å². The fraction of sp³-hybridized carbons (Fsp3) is 0.562. The third-order valence-corrected chi connectivity index (χ3v) is 3.98. The van der Waals surface area contributed by atoms with E-state index in [1.807, 2.05) is 0 Å². The van der Waals surface area contributed by atoms with Gasteiger partial charge in [0.1, 0.15) is 5.82 Å². The Labute approximate surface area is 149 Å². The van der Waals surface area contributed by atoms with Gasteiger partial charge in [0.15, 0.2) is 5.96 Å². The SMILES string of the molecule is CN=C(NCc1ccc(F)cc1)NCC(C)N(C)C1CC1.I. The second-order valence-corrected chi connectivity index (χ2v) is 5.68. The summed E-state index contributed by atoms with van der Waals surface area (Å²) in [4.78, 5) is 6.63. The first-order chi connectivity index (χ1) is 10.1. The first-order valence-corrected chi connectivity index (χ1v) is 7.51. The Morgan fingerprint density at radius 2 is 1.95 bits per heavy atom. The van der Waals surface area contributed by atoms with Gasteiger partial charge in [0.25, 0.3) is 0 Å². The fourth-order valence-electron chi connectivity index (χ4n) is 2.24. The van der Waals surface area contributed by atoms with Crippen LogP contribution in [-0.2, 0) is 6.54 Å². The second kappa shape index (κ2) is 9.29. The van der Waals surface area contributed by atoms with Crippen LogP contribution in [0.4, 0.5) is 4.39 Å². The molecule has 0 aromatic heterocycles. The molecule has 0 heterocycles. The molecular formula is C16H26FIN4. The molecular weight excluding hydrogens is 394 g/mol. The molecule has 2 rings (SSSR count). The molecule has 6 heteroatoms. The van der Waals surface area contributed by atoms with Gasteiger partial charge >= 0.3 is 0 Å². The van der Waals surface area contributed by atoms with Crippen molar-refractivity contribution in [2.75, 3.05) is 20.6 Å². The van der Waals surface area contributed by atoms with Crippen molar-refractivity contribution >= 4 is 29.9 Å². The molecule has 0 radical (unpaired) electrons. The van der Waals surface area contributed by atoms with Crippen molar-refractivity contribution in [3.63, 3.8) is 0 Å². The Bertz CT molecular complexity index is 474. The zero-order chi connectivity index (χ0) is 15.2. The molecule has 1 fully saturated rings. The number of rotatable bonds is 6. The number of guanidine groups is 1. The van der Waals surface area contributed by atoms with Crippen molar-refractivity contribution in [2.24, 2.45) is 4.99 Å². The van der Waals surface area contributed by atoms with Crippen LogP contribution in [-0.4, -0.2) is 43.6 Å². The molecule has 124 valence electrons. The summed E-state index contributed by atoms with van der Waals surface area (Å²) in [6, 6.07) is 7.73. The zero-order valence-corrected chi connectivity index (χ0v) is 15.8. The summed E-state index contributed by atoms with van der Waals surface area (Å²) in [6.07, 6.45) is 2.64. The van der Waals surface area contributed by atoms with Crippen molar-refractivity contribution in [3.8, 4) is 0 Å². The number of hydrogen-bond donors (Lipinski definition) is 2. The lowest BCUT2D eigenvalue weighted by Gasteiger charge is -2.25. The third kappa shape index (κ3) is 6.08. The standard InChI is InChI=1S/C16H25FN4.HI/c1-12(21(3)15-8-9-15)10-19-16(18-2)20-11-13-4-6-14(17)7-5-13;/h4-7,12,15H,8-11H2,1-3H3,(H2,18,19,20);1H. The lowest BCUT2D eigenvalue weighted by molar-refractivity contribution is 0.247. The molecule has 22 heavy (non-hydrogen) atoms. The van der Waals surface area contributed by atoms with Gasteiger partial charge in [0.05, 0.1) is 0 Å². The Kier molecular flexibility index (Phi) is 8.09. The van der Waals surface area contributed by atoms with Crippen molar-refractivity contribution in [1.29, 1.82) is 0 Å². The van der Waals surface area contributed by atoms with Crippen LogP contribution >= 0.6 is 24.0 Å². The first-order valence-electron chi connectivity index (χ1n) is 7.51. The van der Waals surface area contributed by atoms with Gasteiger partial charge in [-0.2, -0.15) is 0 Å². The number of hydrogen-bond acceptors (Lipinski definition) is 2. The summed E-state index contributed by atoms with van der Waals surface area (Å²) >= 11 is 0. The molecule has 1 aromatic rings. The number of halogens is 2. The summed E-state index contributed by atoms with van der Waals surface area (Å²) in [5, 5.41) is 6.58. The van der Waals surface area contributed by atoms with Crippen LogP contribution in [0.2, 0.25) is 0 Å². The second-order valence-electron chi connectivity index (χ2n) is 5.68. The van der Waals surface area contributed by atoms with Crippen LogP contribution in [0.15, 0.2) is 29.3 Å². The lowest BCUT2D eigenvalue weighted by Crippen LogP contribution is -2.45. The number of benzene rings is 1. The molecule has 1 saturated carbocycles. The van der Waals surface area contributed by atoms with Crippen molar-refractivity contribution in [2.45, 2.75) is 38.4 Å². The van der Waals surface area contributed by atoms with Gasteiger partial charge < -0.3 is 10.6 Å². The predicted molar refractivity (Wildman–Crippen MR) is 100 cm³/mol. The van der Waals surface area contributed by atoms with E-state index < -0.39 is 0 Å². The molecule has 1 unspecified atom stereocenters. The van der Waals surface area contributed by atoms with Gasteiger partial charge in [-0.15, -0.1) is 24.0 Å². The minimum Gasteiger partial charge on any atom is -0.355 e. The molecule has 2 N–H and O–H groups in total. The minimum atomic E-state index is -0.210. The van der Waals surface area contributed by atoms with E-state index >= 15 is 0 Å². The van der Waals surface area contributed by atoms with Crippen molar-refractivity contribution < 1.29 is 4.39 Å². The average molecular weight is 420 g/mol. The molecule has 1 aliphatic carbocycles. The minimum absolute atomic E-state index is 0. The van der Waals surface area contributed by atoms with Gasteiger partial charge in [-0.1, -0.05) is 12.1 Å². The monoisotopic (exact) mass is 420 g/mol. The first kappa shape index (κ1) is 19.2. The molecule has 1 atom stereocenters. The number of aliphatic imine (C=N–C) groups is 1. The molecule has 0 amide bonds. The lowest BCUT2D eigenvalue weighted by atomic mass is 10.2. The quantitative estimate of drug-likeness (QED) is 0.422. The van der Waals surface area contributed by atoms with E-state index in [1.54, 1.807) is 19.2 Å². The maximum Gasteiger partial charge on any atom is 0.191 e. The largest absolute Gasteiger partial charge is 0.355 e. The number of nitrogens with one attached hydrogen (secondary N) is 2. The molecule has 0 bridgehead atoms. The van der Waals surface area contributed by atoms with E-state index in [1.165, 1.54) is 25.0 Å². The maximum atomic E-state index is 12.8. The highest BCUT2D eigenvalue weighted by Gasteiger charge is 2.28. The molecule has 0 saturated heterocycles. The van der Waals surface area contributed by atoms with E-state index in [0.29, 0.717) is 12.6 Å². The topological polar surface area (TPSA) is 39.7 Å². The van der Waals surface area contributed by atoms with Crippen LogP contribution in [0.1, 0.15) is 25.3 Å². The molecule has 1 aromatic carbocycles. The Balaban J connectivity index is 0.00000242. The fourth-order valence-corrected chi connectivity index (χ4v) is 2.24. The van der Waals surface area contributed by atoms with Crippen molar-refractivity contribution in [3.05, 3.63) is 35.6 Å². The molecule has 1 aliphatic rings. The van der Waals surface area contributed by atoms with E-state index in [0.717, 1.165) is 24.1 Å². The summed E-state index contributed by atoms with van der Waals surface area (Å²) in [5.74, 6) is 0.563. The molecule has 0 spiro atoms.